The van der Waals surface area contributed by atoms with Gasteiger partial charge in [0.05, 0.1) is 0 Å². The van der Waals surface area contributed by atoms with Crippen molar-refractivity contribution < 1.29 is 33.3 Å². The molecule has 1 aromatic carbocycles. The third-order valence-electron chi connectivity index (χ3n) is 4.80. The topological polar surface area (TPSA) is 143 Å². The van der Waals surface area contributed by atoms with Gasteiger partial charge in [0.25, 0.3) is 0 Å². The number of hydrogen-bond acceptors (Lipinski definition) is 9. The van der Waals surface area contributed by atoms with E-state index in [1.807, 2.05) is 30.3 Å². The van der Waals surface area contributed by atoms with Crippen molar-refractivity contribution in [2.75, 3.05) is 6.61 Å². The van der Waals surface area contributed by atoms with Gasteiger partial charge in [-0.25, -0.2) is 0 Å². The monoisotopic (exact) mass is 540 g/mol. The molecule has 1 N–H and O–H groups in total. The molecule has 1 aliphatic heterocycles. The first-order chi connectivity index (χ1) is 16.2. The molecule has 2 heterocycles. The molecule has 0 radical (unpaired) electrons. The summed E-state index contributed by atoms with van der Waals surface area (Å²) in [5.41, 5.74) is -1.32. The van der Waals surface area contributed by atoms with E-state index in [4.69, 9.17) is 18.9 Å². The van der Waals surface area contributed by atoms with Gasteiger partial charge in [0, 0.05) is 0 Å². The number of carbonyl (C=O) groups is 3. The summed E-state index contributed by atoms with van der Waals surface area (Å²) >= 11 is -0.452. The van der Waals surface area contributed by atoms with Crippen LogP contribution in [0.3, 0.4) is 0 Å². The van der Waals surface area contributed by atoms with Crippen molar-refractivity contribution in [3.8, 4) is 0 Å². The van der Waals surface area contributed by atoms with Gasteiger partial charge < -0.3 is 0 Å². The van der Waals surface area contributed by atoms with Crippen LogP contribution < -0.4 is 15.7 Å². The Bertz CT molecular complexity index is 1150. The number of H-pyrrole nitrogens is 1. The van der Waals surface area contributed by atoms with Crippen LogP contribution in [0, 0.1) is 0 Å². The maximum absolute atomic E-state index is 12.7. The maximum atomic E-state index is 12.7. The van der Waals surface area contributed by atoms with Gasteiger partial charge >= 0.3 is 200 Å². The van der Waals surface area contributed by atoms with Crippen molar-refractivity contribution in [3.63, 3.8) is 0 Å². The molecule has 0 amide bonds. The van der Waals surface area contributed by atoms with Crippen molar-refractivity contribution in [1.82, 2.24) is 9.55 Å². The van der Waals surface area contributed by atoms with Gasteiger partial charge in [0.1, 0.15) is 0 Å². The number of benzene rings is 1. The van der Waals surface area contributed by atoms with Crippen molar-refractivity contribution in [2.45, 2.75) is 50.1 Å². The molecule has 0 spiro atoms. The number of aromatic amines is 1. The molecule has 1 fully saturated rings. The Kier molecular flexibility index (Phi) is 8.43. The molecule has 1 saturated heterocycles. The van der Waals surface area contributed by atoms with Crippen LogP contribution in [0.4, 0.5) is 0 Å². The van der Waals surface area contributed by atoms with Gasteiger partial charge in [-0.3, -0.25) is 0 Å². The van der Waals surface area contributed by atoms with Crippen molar-refractivity contribution in [1.29, 1.82) is 0 Å². The van der Waals surface area contributed by atoms with Gasteiger partial charge in [-0.15, -0.1) is 0 Å². The number of carbonyl (C=O) groups excluding carboxylic acids is 3. The van der Waals surface area contributed by atoms with Gasteiger partial charge in [-0.2, -0.15) is 0 Å². The van der Waals surface area contributed by atoms with E-state index in [1.54, 1.807) is 0 Å². The molecule has 3 rings (SSSR count). The molecule has 2 aromatic rings. The molecule has 0 bridgehead atoms. The number of aromatic nitrogens is 2. The summed E-state index contributed by atoms with van der Waals surface area (Å²) in [5, 5.41) is 0. The van der Waals surface area contributed by atoms with Crippen LogP contribution in [-0.4, -0.2) is 67.3 Å². The summed E-state index contributed by atoms with van der Waals surface area (Å²) in [7, 11) is 0. The fourth-order valence-corrected chi connectivity index (χ4v) is 6.22. The second-order valence-corrected chi connectivity index (χ2v) is 10.1. The van der Waals surface area contributed by atoms with Gasteiger partial charge in [0.15, 0.2) is 0 Å². The van der Waals surface area contributed by atoms with Crippen molar-refractivity contribution in [3.05, 3.63) is 63.4 Å². The predicted molar refractivity (Wildman–Crippen MR) is 119 cm³/mol. The Balaban J connectivity index is 2.13. The van der Waals surface area contributed by atoms with Crippen molar-refractivity contribution >= 4 is 37.3 Å². The van der Waals surface area contributed by atoms with Crippen LogP contribution >= 0.6 is 0 Å². The first-order valence-electron chi connectivity index (χ1n) is 10.3. The van der Waals surface area contributed by atoms with Crippen LogP contribution in [0.2, 0.25) is 4.82 Å². The average molecular weight is 539 g/mol. The Morgan fingerprint density at radius 3 is 2.21 bits per heavy atom. The van der Waals surface area contributed by atoms with Crippen LogP contribution in [0.25, 0.3) is 0 Å². The fraction of sp³-hybridized carbons (Fsp3) is 0.409. The molecule has 5 atom stereocenters. The van der Waals surface area contributed by atoms with E-state index in [1.165, 1.54) is 31.5 Å². The Labute approximate surface area is 200 Å². The molecular formula is C22H24N2O9Se. The Hall–Kier alpha value is -3.21. The molecule has 0 unspecified atom stereocenters. The minimum atomic E-state index is -1.11. The molecule has 1 aliphatic rings. The second-order valence-electron chi connectivity index (χ2n) is 7.43. The molecule has 12 heteroatoms. The molecule has 0 saturated carbocycles. The van der Waals surface area contributed by atoms with E-state index < -0.39 is 73.5 Å². The minimum absolute atomic E-state index is 0.315. The van der Waals surface area contributed by atoms with E-state index in [-0.39, 0.29) is 6.61 Å². The fourth-order valence-electron chi connectivity index (χ4n) is 3.52. The summed E-state index contributed by atoms with van der Waals surface area (Å²) in [6.45, 7) is 3.31. The SMILES string of the molecule is CC(=O)OC[C@H]1O[C@@H](n2ccc(=O)[nH]c2=O)[C@H]([Se]c2ccccc2)[C@@H](OC(C)=O)[C@@H]1OC(C)=O. The van der Waals surface area contributed by atoms with E-state index in [9.17, 15) is 24.0 Å². The third-order valence-corrected chi connectivity index (χ3v) is 7.57. The molecule has 0 aliphatic carbocycles. The second kappa shape index (κ2) is 11.3. The zero-order valence-electron chi connectivity index (χ0n) is 18.7. The molecule has 182 valence electrons. The average Bonchev–Trinajstić information content (AvgIpc) is 2.75. The number of hydrogen-bond donors (Lipinski definition) is 1. The number of nitrogens with one attached hydrogen (secondary N) is 1. The quantitative estimate of drug-likeness (QED) is 0.285. The van der Waals surface area contributed by atoms with Crippen LogP contribution in [0.1, 0.15) is 27.0 Å². The summed E-state index contributed by atoms with van der Waals surface area (Å²) < 4.78 is 24.5. The summed E-state index contributed by atoms with van der Waals surface area (Å²) in [5.74, 6) is -1.87. The standard InChI is InChI=1S/C22H24N2O9Se/c1-12(25)30-11-16-18(31-13(2)26)19(32-14(3)27)20(34-15-7-5-4-6-8-15)21(33-16)24-10-9-17(28)23-22(24)29/h4-10,16,18-21H,11H2,1-3H3,(H,23,28,29)/t16-,18-,19+,20-,21-/m1/s1. The predicted octanol–water partition coefficient (Wildman–Crippen LogP) is -0.321. The zero-order valence-corrected chi connectivity index (χ0v) is 20.4. The van der Waals surface area contributed by atoms with E-state index in [2.05, 4.69) is 4.98 Å². The summed E-state index contributed by atoms with van der Waals surface area (Å²) in [6, 6.07) is 10.5. The molecule has 1 aromatic heterocycles. The molecule has 11 nitrogen and oxygen atoms in total. The first kappa shape index (κ1) is 25.4. The number of ether oxygens (including phenoxy) is 4. The number of nitrogens with zero attached hydrogens (tertiary/aromatic N) is 1. The molecule has 34 heavy (non-hydrogen) atoms. The Morgan fingerprint density at radius 1 is 0.971 bits per heavy atom. The first-order valence-corrected chi connectivity index (χ1v) is 12.2. The van der Waals surface area contributed by atoms with Gasteiger partial charge in [0.2, 0.25) is 0 Å². The normalized spacial score (nSPS) is 24.1. The van der Waals surface area contributed by atoms with Gasteiger partial charge in [-0.05, 0) is 0 Å². The zero-order chi connectivity index (χ0) is 24.8. The van der Waals surface area contributed by atoms with E-state index in [0.29, 0.717) is 0 Å². The number of rotatable bonds is 7. The van der Waals surface area contributed by atoms with Crippen LogP contribution in [0.15, 0.2) is 52.2 Å². The van der Waals surface area contributed by atoms with Crippen LogP contribution in [0.5, 0.6) is 0 Å². The van der Waals surface area contributed by atoms with Gasteiger partial charge in [-0.1, -0.05) is 0 Å². The summed E-state index contributed by atoms with van der Waals surface area (Å²) in [4.78, 5) is 61.3. The van der Waals surface area contributed by atoms with E-state index in [0.717, 1.165) is 10.5 Å². The summed E-state index contributed by atoms with van der Waals surface area (Å²) in [6.07, 6.45) is -2.93. The Morgan fingerprint density at radius 2 is 1.62 bits per heavy atom. The van der Waals surface area contributed by atoms with E-state index >= 15 is 0 Å². The number of esters is 3. The third kappa shape index (κ3) is 6.43. The van der Waals surface area contributed by atoms with Crippen LogP contribution in [-0.2, 0) is 33.3 Å². The molecular weight excluding hydrogens is 515 g/mol. The van der Waals surface area contributed by atoms with Crippen molar-refractivity contribution in [2.24, 2.45) is 0 Å².